The lowest BCUT2D eigenvalue weighted by molar-refractivity contribution is -0.136. The van der Waals surface area contributed by atoms with E-state index in [9.17, 15) is 9.59 Å². The van der Waals surface area contributed by atoms with Crippen molar-refractivity contribution in [3.8, 4) is 0 Å². The van der Waals surface area contributed by atoms with Gasteiger partial charge in [-0.2, -0.15) is 0 Å². The molecule has 1 unspecified atom stereocenters. The van der Waals surface area contributed by atoms with Crippen molar-refractivity contribution in [1.82, 2.24) is 5.32 Å². The van der Waals surface area contributed by atoms with Crippen molar-refractivity contribution in [2.45, 2.75) is 47.1 Å². The molecule has 0 saturated carbocycles. The second kappa shape index (κ2) is 5.38. The predicted molar refractivity (Wildman–Crippen MR) is 66.4 cm³/mol. The summed E-state index contributed by atoms with van der Waals surface area (Å²) in [4.78, 5) is 22.6. The van der Waals surface area contributed by atoms with Gasteiger partial charge in [0, 0.05) is 12.5 Å². The van der Waals surface area contributed by atoms with Crippen molar-refractivity contribution in [3.63, 3.8) is 0 Å². The molecule has 0 rings (SSSR count). The van der Waals surface area contributed by atoms with Crippen LogP contribution in [0.4, 0.5) is 4.79 Å². The molecule has 0 aliphatic heterocycles. The fraction of sp³-hybridized carbons (Fsp3) is 0.833. The lowest BCUT2D eigenvalue weighted by atomic mass is 9.72. The molecule has 1 atom stereocenters. The predicted octanol–water partition coefficient (Wildman–Crippen LogP) is 1.66. The zero-order valence-electron chi connectivity index (χ0n) is 11.6. The quantitative estimate of drug-likeness (QED) is 0.789. The minimum Gasteiger partial charge on any atom is -0.436 e. The Hall–Kier alpha value is -1.26. The van der Waals surface area contributed by atoms with E-state index in [2.05, 4.69) is 26.1 Å². The molecule has 3 N–H and O–H groups in total. The molecule has 0 fully saturated rings. The molecule has 17 heavy (non-hydrogen) atoms. The van der Waals surface area contributed by atoms with E-state index in [0.29, 0.717) is 0 Å². The van der Waals surface area contributed by atoms with Crippen LogP contribution in [0.5, 0.6) is 0 Å². The Labute approximate surface area is 103 Å². The molecule has 5 heteroatoms. The van der Waals surface area contributed by atoms with Crippen LogP contribution >= 0.6 is 0 Å². The number of hydrogen-bond acceptors (Lipinski definition) is 3. The number of carbonyl (C=O) groups is 2. The first kappa shape index (κ1) is 15.7. The minimum atomic E-state index is -0.930. The van der Waals surface area contributed by atoms with Gasteiger partial charge in [-0.15, -0.1) is 0 Å². The fourth-order valence-electron chi connectivity index (χ4n) is 2.27. The summed E-state index contributed by atoms with van der Waals surface area (Å²) in [6.07, 6.45) is -1.07. The fourth-order valence-corrected chi connectivity index (χ4v) is 2.27. The van der Waals surface area contributed by atoms with Crippen LogP contribution in [-0.4, -0.2) is 25.2 Å². The molecule has 5 nitrogen and oxygen atoms in total. The first-order valence-corrected chi connectivity index (χ1v) is 5.67. The maximum Gasteiger partial charge on any atom is 0.405 e. The molecule has 0 bridgehead atoms. The average Bonchev–Trinajstić information content (AvgIpc) is 2.08. The van der Waals surface area contributed by atoms with E-state index >= 15 is 0 Å². The third-order valence-corrected chi connectivity index (χ3v) is 2.41. The molecular formula is C12H24N2O3. The zero-order valence-corrected chi connectivity index (χ0v) is 11.6. The Morgan fingerprint density at radius 1 is 1.24 bits per heavy atom. The Morgan fingerprint density at radius 2 is 1.71 bits per heavy atom. The number of hydrogen-bond donors (Lipinski definition) is 2. The largest absolute Gasteiger partial charge is 0.436 e. The molecule has 0 aliphatic rings. The molecule has 0 aromatic carbocycles. The summed E-state index contributed by atoms with van der Waals surface area (Å²) in [6.45, 7) is 9.99. The van der Waals surface area contributed by atoms with E-state index < -0.39 is 17.6 Å². The molecule has 0 heterocycles. The van der Waals surface area contributed by atoms with Crippen LogP contribution in [0.25, 0.3) is 0 Å². The number of nitrogens with two attached hydrogens (primary N) is 1. The van der Waals surface area contributed by atoms with Crippen LogP contribution in [0.3, 0.4) is 0 Å². The summed E-state index contributed by atoms with van der Waals surface area (Å²) in [5.74, 6) is -0.335. The SMILES string of the molecule is CNC(=O)C(OC(N)=O)C(C)(C)CC(C)(C)C. The highest BCUT2D eigenvalue weighted by Crippen LogP contribution is 2.37. The van der Waals surface area contributed by atoms with Crippen molar-refractivity contribution < 1.29 is 14.3 Å². The lowest BCUT2D eigenvalue weighted by Gasteiger charge is -2.36. The van der Waals surface area contributed by atoms with E-state index in [0.717, 1.165) is 6.42 Å². The van der Waals surface area contributed by atoms with E-state index in [4.69, 9.17) is 10.5 Å². The Bertz CT molecular complexity index is 293. The van der Waals surface area contributed by atoms with E-state index in [1.807, 2.05) is 13.8 Å². The Balaban J connectivity index is 5.01. The van der Waals surface area contributed by atoms with Crippen molar-refractivity contribution >= 4 is 12.0 Å². The van der Waals surface area contributed by atoms with Crippen LogP contribution in [0.1, 0.15) is 41.0 Å². The van der Waals surface area contributed by atoms with Gasteiger partial charge >= 0.3 is 6.09 Å². The molecule has 2 amide bonds. The van der Waals surface area contributed by atoms with Crippen molar-refractivity contribution in [3.05, 3.63) is 0 Å². The van der Waals surface area contributed by atoms with Crippen molar-refractivity contribution in [1.29, 1.82) is 0 Å². The highest BCUT2D eigenvalue weighted by Gasteiger charge is 2.40. The summed E-state index contributed by atoms with van der Waals surface area (Å²) in [6, 6.07) is 0. The number of nitrogens with one attached hydrogen (secondary N) is 1. The van der Waals surface area contributed by atoms with E-state index in [1.54, 1.807) is 0 Å². The van der Waals surface area contributed by atoms with Gasteiger partial charge in [0.2, 0.25) is 0 Å². The number of amides is 2. The maximum absolute atomic E-state index is 11.7. The smallest absolute Gasteiger partial charge is 0.405 e. The van der Waals surface area contributed by atoms with Gasteiger partial charge in [-0.1, -0.05) is 34.6 Å². The van der Waals surface area contributed by atoms with Gasteiger partial charge in [-0.3, -0.25) is 4.79 Å². The Kier molecular flexibility index (Phi) is 4.98. The van der Waals surface area contributed by atoms with Crippen LogP contribution < -0.4 is 11.1 Å². The molecule has 0 saturated heterocycles. The van der Waals surface area contributed by atoms with Crippen LogP contribution in [-0.2, 0) is 9.53 Å². The zero-order chi connectivity index (χ0) is 13.9. The molecule has 0 radical (unpaired) electrons. The molecule has 0 aromatic heterocycles. The first-order valence-electron chi connectivity index (χ1n) is 5.67. The molecule has 100 valence electrons. The highest BCUT2D eigenvalue weighted by molar-refractivity contribution is 5.83. The van der Waals surface area contributed by atoms with Gasteiger partial charge in [0.05, 0.1) is 0 Å². The van der Waals surface area contributed by atoms with Gasteiger partial charge in [-0.05, 0) is 11.8 Å². The van der Waals surface area contributed by atoms with Gasteiger partial charge in [0.1, 0.15) is 0 Å². The third kappa shape index (κ3) is 5.56. The van der Waals surface area contributed by atoms with Crippen LogP contribution in [0.15, 0.2) is 0 Å². The van der Waals surface area contributed by atoms with E-state index in [-0.39, 0.29) is 11.3 Å². The lowest BCUT2D eigenvalue weighted by Crippen LogP contribution is -2.47. The number of rotatable bonds is 4. The number of ether oxygens (including phenoxy) is 1. The maximum atomic E-state index is 11.7. The van der Waals surface area contributed by atoms with Gasteiger partial charge in [0.15, 0.2) is 6.10 Å². The van der Waals surface area contributed by atoms with Gasteiger partial charge < -0.3 is 15.8 Å². The first-order chi connectivity index (χ1) is 7.49. The number of likely N-dealkylation sites (N-methyl/N-ethyl adjacent to an activating group) is 1. The van der Waals surface area contributed by atoms with Crippen LogP contribution in [0.2, 0.25) is 0 Å². The van der Waals surface area contributed by atoms with Crippen LogP contribution in [0, 0.1) is 10.8 Å². The summed E-state index contributed by atoms with van der Waals surface area (Å²) < 4.78 is 4.94. The summed E-state index contributed by atoms with van der Waals surface area (Å²) in [5, 5.41) is 2.49. The van der Waals surface area contributed by atoms with Crippen molar-refractivity contribution in [2.24, 2.45) is 16.6 Å². The van der Waals surface area contributed by atoms with E-state index in [1.165, 1.54) is 7.05 Å². The summed E-state index contributed by atoms with van der Waals surface area (Å²) in [5.41, 5.74) is 4.55. The number of carbonyl (C=O) groups excluding carboxylic acids is 2. The minimum absolute atomic E-state index is 0.0246. The molecule has 0 aromatic rings. The highest BCUT2D eigenvalue weighted by atomic mass is 16.6. The Morgan fingerprint density at radius 3 is 2.00 bits per heavy atom. The molecule has 0 aliphatic carbocycles. The summed E-state index contributed by atoms with van der Waals surface area (Å²) >= 11 is 0. The normalized spacial score (nSPS) is 14.0. The second-order valence-corrected chi connectivity index (χ2v) is 6.16. The third-order valence-electron chi connectivity index (χ3n) is 2.41. The molecule has 0 spiro atoms. The topological polar surface area (TPSA) is 81.4 Å². The van der Waals surface area contributed by atoms with Gasteiger partial charge in [-0.25, -0.2) is 4.79 Å². The van der Waals surface area contributed by atoms with Crippen molar-refractivity contribution in [2.75, 3.05) is 7.05 Å². The second-order valence-electron chi connectivity index (χ2n) is 6.16. The monoisotopic (exact) mass is 244 g/mol. The average molecular weight is 244 g/mol. The molecular weight excluding hydrogens is 220 g/mol. The standard InChI is InChI=1S/C12H24N2O3/c1-11(2,3)7-12(4,5)8(9(15)14-6)17-10(13)16/h8H,7H2,1-6H3,(H2,13,16)(H,14,15). The van der Waals surface area contributed by atoms with Gasteiger partial charge in [0.25, 0.3) is 5.91 Å². The number of primary amides is 1. The summed E-state index contributed by atoms with van der Waals surface area (Å²) in [7, 11) is 1.51.